The maximum absolute atomic E-state index is 6.18. The Hall–Kier alpha value is -1.22. The summed E-state index contributed by atoms with van der Waals surface area (Å²) in [4.78, 5) is 0. The Kier molecular flexibility index (Phi) is 28.9. The molecule has 0 bridgehead atoms. The summed E-state index contributed by atoms with van der Waals surface area (Å²) in [5.74, 6) is 0. The van der Waals surface area contributed by atoms with E-state index in [4.69, 9.17) is 52.1 Å². The first-order valence-corrected chi connectivity index (χ1v) is 20.0. The molecular weight excluding hydrogens is 656 g/mol. The van der Waals surface area contributed by atoms with Gasteiger partial charge in [0.05, 0.1) is 72.7 Å². The zero-order valence-corrected chi connectivity index (χ0v) is 31.5. The SMILES string of the molecule is c1ccc(COCCOCCOCCOCCOCC(COCCCCCCOC2CCCCO2)OCCCCCCOC2CCCCO2)cc1. The lowest BCUT2D eigenvalue weighted by atomic mass is 10.2. The van der Waals surface area contributed by atoms with Crippen LogP contribution in [0.25, 0.3) is 0 Å². The van der Waals surface area contributed by atoms with Gasteiger partial charge in [-0.15, -0.1) is 0 Å². The molecule has 2 fully saturated rings. The molecule has 1 aromatic carbocycles. The standard InChI is InChI=1S/C40H70O11/c1(2-12-22-48-39-18-8-14-24-50-39)10-20-44-35-38(47-21-11-3-4-13-23-49-40-19-9-15-25-51-40)36-46-33-31-43-29-27-41-26-28-42-30-32-45-34-37-16-6-5-7-17-37/h5-7,16-17,38-40H,1-4,8-15,18-36H2. The van der Waals surface area contributed by atoms with Gasteiger partial charge in [0, 0.05) is 39.6 Å². The molecule has 0 amide bonds. The van der Waals surface area contributed by atoms with Gasteiger partial charge in [0.25, 0.3) is 0 Å². The molecule has 0 N–H and O–H groups in total. The van der Waals surface area contributed by atoms with Crippen molar-refractivity contribution in [2.75, 3.05) is 106 Å². The van der Waals surface area contributed by atoms with Gasteiger partial charge in [0.1, 0.15) is 6.10 Å². The largest absolute Gasteiger partial charge is 0.379 e. The van der Waals surface area contributed by atoms with Gasteiger partial charge in [0.2, 0.25) is 0 Å². The number of hydrogen-bond donors (Lipinski definition) is 0. The van der Waals surface area contributed by atoms with Crippen molar-refractivity contribution < 1.29 is 52.1 Å². The first kappa shape index (κ1) is 44.2. The van der Waals surface area contributed by atoms with Crippen LogP contribution in [0.2, 0.25) is 0 Å². The predicted octanol–water partition coefficient (Wildman–Crippen LogP) is 6.88. The van der Waals surface area contributed by atoms with E-state index in [0.717, 1.165) is 116 Å². The lowest BCUT2D eigenvalue weighted by Crippen LogP contribution is -2.27. The fourth-order valence-electron chi connectivity index (χ4n) is 5.70. The molecule has 51 heavy (non-hydrogen) atoms. The highest BCUT2D eigenvalue weighted by Crippen LogP contribution is 2.15. The Morgan fingerprint density at radius 1 is 0.471 bits per heavy atom. The summed E-state index contributed by atoms with van der Waals surface area (Å²) >= 11 is 0. The van der Waals surface area contributed by atoms with Crippen molar-refractivity contribution in [3.05, 3.63) is 35.9 Å². The van der Waals surface area contributed by atoms with Gasteiger partial charge in [-0.2, -0.15) is 0 Å². The molecule has 0 aromatic heterocycles. The monoisotopic (exact) mass is 726 g/mol. The van der Waals surface area contributed by atoms with Gasteiger partial charge in [0.15, 0.2) is 12.6 Å². The molecule has 2 saturated heterocycles. The maximum atomic E-state index is 6.18. The number of unbranched alkanes of at least 4 members (excludes halogenated alkanes) is 6. The van der Waals surface area contributed by atoms with Crippen LogP contribution < -0.4 is 0 Å². The van der Waals surface area contributed by atoms with Crippen LogP contribution in [0.4, 0.5) is 0 Å². The smallest absolute Gasteiger partial charge is 0.157 e. The van der Waals surface area contributed by atoms with Crippen molar-refractivity contribution in [1.29, 1.82) is 0 Å². The third kappa shape index (κ3) is 26.2. The predicted molar refractivity (Wildman–Crippen MR) is 196 cm³/mol. The van der Waals surface area contributed by atoms with Gasteiger partial charge >= 0.3 is 0 Å². The van der Waals surface area contributed by atoms with Crippen LogP contribution in [-0.4, -0.2) is 124 Å². The second kappa shape index (κ2) is 33.4. The summed E-state index contributed by atoms with van der Waals surface area (Å²) in [6.45, 7) is 10.5. The second-order valence-electron chi connectivity index (χ2n) is 13.2. The molecule has 296 valence electrons. The number of hydrogen-bond acceptors (Lipinski definition) is 11. The molecule has 11 heteroatoms. The topological polar surface area (TPSA) is 102 Å². The Labute approximate surface area is 308 Å². The summed E-state index contributed by atoms with van der Waals surface area (Å²) in [7, 11) is 0. The molecule has 2 aliphatic heterocycles. The molecule has 0 spiro atoms. The molecular formula is C40H70O11. The highest BCUT2D eigenvalue weighted by Gasteiger charge is 2.15. The van der Waals surface area contributed by atoms with Gasteiger partial charge < -0.3 is 52.1 Å². The highest BCUT2D eigenvalue weighted by atomic mass is 16.7. The van der Waals surface area contributed by atoms with E-state index in [-0.39, 0.29) is 18.7 Å². The fraction of sp³-hybridized carbons (Fsp3) is 0.850. The van der Waals surface area contributed by atoms with Gasteiger partial charge in [-0.3, -0.25) is 0 Å². The summed E-state index contributed by atoms with van der Waals surface area (Å²) in [6.07, 6.45) is 15.4. The zero-order valence-electron chi connectivity index (χ0n) is 31.5. The molecule has 0 aliphatic carbocycles. The Bertz CT molecular complexity index is 852. The molecule has 2 aliphatic rings. The van der Waals surface area contributed by atoms with Crippen LogP contribution in [0.3, 0.4) is 0 Å². The van der Waals surface area contributed by atoms with Crippen molar-refractivity contribution in [1.82, 2.24) is 0 Å². The lowest BCUT2D eigenvalue weighted by Gasteiger charge is -2.22. The van der Waals surface area contributed by atoms with Crippen LogP contribution in [0.1, 0.15) is 95.5 Å². The molecule has 3 atom stereocenters. The average molecular weight is 727 g/mol. The number of benzene rings is 1. The quantitative estimate of drug-likeness (QED) is 0.0685. The summed E-state index contributed by atoms with van der Waals surface area (Å²) in [5.41, 5.74) is 1.16. The zero-order chi connectivity index (χ0) is 35.5. The Balaban J connectivity index is 1.12. The lowest BCUT2D eigenvalue weighted by molar-refractivity contribution is -0.163. The van der Waals surface area contributed by atoms with E-state index in [9.17, 15) is 0 Å². The number of ether oxygens (including phenoxy) is 11. The maximum Gasteiger partial charge on any atom is 0.157 e. The highest BCUT2D eigenvalue weighted by molar-refractivity contribution is 5.13. The molecule has 0 radical (unpaired) electrons. The van der Waals surface area contributed by atoms with E-state index < -0.39 is 0 Å². The van der Waals surface area contributed by atoms with E-state index in [1.54, 1.807) is 0 Å². The fourth-order valence-corrected chi connectivity index (χ4v) is 5.70. The van der Waals surface area contributed by atoms with Crippen LogP contribution >= 0.6 is 0 Å². The minimum absolute atomic E-state index is 0.00375. The third-order valence-electron chi connectivity index (χ3n) is 8.67. The first-order valence-electron chi connectivity index (χ1n) is 20.0. The van der Waals surface area contributed by atoms with E-state index in [1.807, 2.05) is 18.2 Å². The molecule has 2 heterocycles. The normalized spacial score (nSPS) is 18.7. The van der Waals surface area contributed by atoms with Crippen LogP contribution in [-0.2, 0) is 58.7 Å². The van der Waals surface area contributed by atoms with Crippen molar-refractivity contribution in [3.63, 3.8) is 0 Å². The summed E-state index contributed by atoms with van der Waals surface area (Å²) < 4.78 is 63.5. The van der Waals surface area contributed by atoms with Crippen LogP contribution in [0, 0.1) is 0 Å². The Morgan fingerprint density at radius 2 is 0.941 bits per heavy atom. The van der Waals surface area contributed by atoms with Crippen LogP contribution in [0.15, 0.2) is 30.3 Å². The van der Waals surface area contributed by atoms with Crippen molar-refractivity contribution in [3.8, 4) is 0 Å². The molecule has 3 unspecified atom stereocenters. The summed E-state index contributed by atoms with van der Waals surface area (Å²) in [6, 6.07) is 10.1. The van der Waals surface area contributed by atoms with Gasteiger partial charge in [-0.25, -0.2) is 0 Å². The molecule has 0 saturated carbocycles. The van der Waals surface area contributed by atoms with Gasteiger partial charge in [-0.1, -0.05) is 56.0 Å². The summed E-state index contributed by atoms with van der Waals surface area (Å²) in [5, 5.41) is 0. The Morgan fingerprint density at radius 3 is 1.47 bits per heavy atom. The van der Waals surface area contributed by atoms with E-state index in [1.165, 1.54) is 12.8 Å². The molecule has 11 nitrogen and oxygen atoms in total. The molecule has 1 aromatic rings. The number of rotatable bonds is 35. The van der Waals surface area contributed by atoms with Crippen LogP contribution in [0.5, 0.6) is 0 Å². The van der Waals surface area contributed by atoms with E-state index in [2.05, 4.69) is 12.1 Å². The third-order valence-corrected chi connectivity index (χ3v) is 8.67. The van der Waals surface area contributed by atoms with Crippen molar-refractivity contribution in [2.45, 2.75) is 115 Å². The molecule has 3 rings (SSSR count). The van der Waals surface area contributed by atoms with Gasteiger partial charge in [-0.05, 0) is 69.8 Å². The minimum Gasteiger partial charge on any atom is -0.379 e. The van der Waals surface area contributed by atoms with Crippen molar-refractivity contribution in [2.24, 2.45) is 0 Å². The minimum atomic E-state index is -0.0900. The van der Waals surface area contributed by atoms with E-state index >= 15 is 0 Å². The van der Waals surface area contributed by atoms with E-state index in [0.29, 0.717) is 79.3 Å². The van der Waals surface area contributed by atoms with Crippen molar-refractivity contribution >= 4 is 0 Å². The average Bonchev–Trinajstić information content (AvgIpc) is 3.17. The second-order valence-corrected chi connectivity index (χ2v) is 13.2. The first-order chi connectivity index (χ1) is 25.4.